The molecule has 0 aromatic heterocycles. The normalized spacial score (nSPS) is 45.9. The maximum atomic E-state index is 13.7. The van der Waals surface area contributed by atoms with Crippen molar-refractivity contribution < 1.29 is 48.0 Å². The third-order valence-corrected chi connectivity index (χ3v) is 10.0. The Bertz CT molecular complexity index is 1120. The molecule has 10 heteroatoms. The molecule has 10 atom stereocenters. The van der Waals surface area contributed by atoms with E-state index in [0.717, 1.165) is 0 Å². The minimum Gasteiger partial charge on any atom is -0.461 e. The number of fused-ring (bicyclic) bond motifs is 5. The number of rotatable bonds is 2. The highest BCUT2D eigenvalue weighted by atomic mass is 16.6. The van der Waals surface area contributed by atoms with Crippen molar-refractivity contribution in [1.82, 2.24) is 0 Å². The molecule has 0 aromatic rings. The van der Waals surface area contributed by atoms with Crippen molar-refractivity contribution in [3.8, 4) is 0 Å². The zero-order chi connectivity index (χ0) is 28.7. The van der Waals surface area contributed by atoms with Gasteiger partial charge in [-0.25, -0.2) is 0 Å². The number of Topliss-reactive ketones (excluding diaryl/α,β-unsaturated/α-hetero) is 1. The third-order valence-electron chi connectivity index (χ3n) is 10.0. The zero-order valence-electron chi connectivity index (χ0n) is 23.3. The summed E-state index contributed by atoms with van der Waals surface area (Å²) in [6, 6.07) is 0. The number of hydrogen-bond acceptors (Lipinski definition) is 10. The molecular formula is C28H38O10. The van der Waals surface area contributed by atoms with E-state index in [1.807, 2.05) is 0 Å². The van der Waals surface area contributed by atoms with Crippen LogP contribution in [0.5, 0.6) is 0 Å². The van der Waals surface area contributed by atoms with Crippen LogP contribution in [0.3, 0.4) is 0 Å². The van der Waals surface area contributed by atoms with Crippen LogP contribution in [0.15, 0.2) is 12.2 Å². The van der Waals surface area contributed by atoms with Crippen LogP contribution >= 0.6 is 0 Å². The van der Waals surface area contributed by atoms with E-state index >= 15 is 0 Å². The van der Waals surface area contributed by atoms with Crippen LogP contribution in [0, 0.1) is 34.0 Å². The van der Waals surface area contributed by atoms with Crippen LogP contribution in [0.2, 0.25) is 0 Å². The molecule has 210 valence electrons. The highest BCUT2D eigenvalue weighted by Gasteiger charge is 2.78. The van der Waals surface area contributed by atoms with Crippen LogP contribution < -0.4 is 0 Å². The van der Waals surface area contributed by atoms with E-state index in [9.17, 15) is 29.1 Å². The molecule has 1 N–H and O–H groups in total. The second-order valence-corrected chi connectivity index (χ2v) is 12.5. The first-order chi connectivity index (χ1) is 17.3. The summed E-state index contributed by atoms with van der Waals surface area (Å²) < 4.78 is 22.9. The molecule has 4 aliphatic rings. The maximum Gasteiger partial charge on any atom is 0.311 e. The SMILES string of the molecule is C=C1C[C@@H]2[C@@](C)([C@@H]3C(=O)O[C@H](C)C(=O)[C@@]13C)[C@@H](OC(C)=O)[C@@H](O)[C@H]1C(C)(C)OC(=O)C[C@@H](OC(C)=O)[C@@]21C. The number of carbonyl (C=O) groups excluding carboxylic acids is 5. The molecule has 10 nitrogen and oxygen atoms in total. The van der Waals surface area contributed by atoms with Gasteiger partial charge in [-0.3, -0.25) is 24.0 Å². The lowest BCUT2D eigenvalue weighted by molar-refractivity contribution is -0.289. The van der Waals surface area contributed by atoms with Crippen LogP contribution in [-0.2, 0) is 42.9 Å². The number of ether oxygens (including phenoxy) is 4. The summed E-state index contributed by atoms with van der Waals surface area (Å²) in [5.74, 6) is -5.62. The average Bonchev–Trinajstić information content (AvgIpc) is 2.82. The van der Waals surface area contributed by atoms with Crippen molar-refractivity contribution >= 4 is 29.7 Å². The fraction of sp³-hybridized carbons (Fsp3) is 0.750. The van der Waals surface area contributed by atoms with E-state index in [4.69, 9.17) is 18.9 Å². The van der Waals surface area contributed by atoms with E-state index in [-0.39, 0.29) is 18.6 Å². The van der Waals surface area contributed by atoms with Gasteiger partial charge in [-0.15, -0.1) is 0 Å². The second-order valence-electron chi connectivity index (χ2n) is 12.5. The summed E-state index contributed by atoms with van der Waals surface area (Å²) >= 11 is 0. The molecule has 2 saturated carbocycles. The fourth-order valence-electron chi connectivity index (χ4n) is 8.71. The summed E-state index contributed by atoms with van der Waals surface area (Å²) in [6.07, 6.45) is -4.86. The Morgan fingerprint density at radius 2 is 1.55 bits per heavy atom. The molecule has 0 amide bonds. The molecule has 2 aliphatic heterocycles. The van der Waals surface area contributed by atoms with Crippen molar-refractivity contribution in [3.05, 3.63) is 12.2 Å². The van der Waals surface area contributed by atoms with Crippen molar-refractivity contribution in [2.24, 2.45) is 34.0 Å². The molecule has 0 bridgehead atoms. The van der Waals surface area contributed by atoms with E-state index in [2.05, 4.69) is 6.58 Å². The standard InChI is InChI=1S/C28H38O10/c1-12-10-16-27(8)17(36-14(3)29)11-18(31)38-25(5,6)20(27)19(32)23(37-15(4)30)28(16,9)21-24(34)35-13(2)22(33)26(12,21)7/h13,16-17,19-21,23,32H,1,10-11H2,2-9H3/t13-,16+,17-,19+,20+,21-,23+,26+,27-,28+/m1/s1. The highest BCUT2D eigenvalue weighted by Crippen LogP contribution is 2.71. The first-order valence-electron chi connectivity index (χ1n) is 13.0. The molecule has 2 aliphatic carbocycles. The van der Waals surface area contributed by atoms with Gasteiger partial charge in [0.25, 0.3) is 0 Å². The van der Waals surface area contributed by atoms with E-state index in [0.29, 0.717) is 5.57 Å². The minimum atomic E-state index is -1.46. The first-order valence-corrected chi connectivity index (χ1v) is 13.0. The molecule has 0 unspecified atom stereocenters. The Kier molecular flexibility index (Phi) is 6.42. The van der Waals surface area contributed by atoms with Crippen LogP contribution in [0.25, 0.3) is 0 Å². The van der Waals surface area contributed by atoms with Gasteiger partial charge in [-0.05, 0) is 40.0 Å². The van der Waals surface area contributed by atoms with Gasteiger partial charge in [0.2, 0.25) is 0 Å². The number of aliphatic hydroxyl groups excluding tert-OH is 1. The predicted molar refractivity (Wildman–Crippen MR) is 131 cm³/mol. The first kappa shape index (κ1) is 28.3. The highest BCUT2D eigenvalue weighted by molar-refractivity contribution is 6.00. The van der Waals surface area contributed by atoms with Gasteiger partial charge in [0.15, 0.2) is 11.9 Å². The topological polar surface area (TPSA) is 143 Å². The van der Waals surface area contributed by atoms with Gasteiger partial charge >= 0.3 is 23.9 Å². The fourth-order valence-corrected chi connectivity index (χ4v) is 8.71. The Hall–Kier alpha value is -2.75. The maximum absolute atomic E-state index is 13.7. The van der Waals surface area contributed by atoms with Crippen LogP contribution in [0.4, 0.5) is 0 Å². The minimum absolute atomic E-state index is 0.189. The molecule has 2 saturated heterocycles. The number of esters is 4. The summed E-state index contributed by atoms with van der Waals surface area (Å²) in [7, 11) is 0. The number of hydrogen-bond donors (Lipinski definition) is 1. The Morgan fingerprint density at radius 3 is 2.11 bits per heavy atom. The number of ketones is 1. The number of cyclic esters (lactones) is 2. The third kappa shape index (κ3) is 3.58. The van der Waals surface area contributed by atoms with Gasteiger partial charge in [-0.2, -0.15) is 0 Å². The van der Waals surface area contributed by atoms with Gasteiger partial charge in [-0.1, -0.05) is 26.0 Å². The Balaban J connectivity index is 2.06. The largest absolute Gasteiger partial charge is 0.461 e. The molecule has 0 radical (unpaired) electrons. The molecule has 38 heavy (non-hydrogen) atoms. The quantitative estimate of drug-likeness (QED) is 0.318. The van der Waals surface area contributed by atoms with E-state index in [1.165, 1.54) is 20.8 Å². The van der Waals surface area contributed by atoms with E-state index in [1.54, 1.807) is 34.6 Å². The molecular weight excluding hydrogens is 496 g/mol. The van der Waals surface area contributed by atoms with Gasteiger partial charge in [0.05, 0.1) is 23.9 Å². The van der Waals surface area contributed by atoms with E-state index < -0.39 is 87.9 Å². The summed E-state index contributed by atoms with van der Waals surface area (Å²) in [4.78, 5) is 64.9. The second kappa shape index (κ2) is 8.63. The number of allylic oxidation sites excluding steroid dienone is 1. The average molecular weight is 535 g/mol. The predicted octanol–water partition coefficient (Wildman–Crippen LogP) is 2.29. The van der Waals surface area contributed by atoms with Crippen molar-refractivity contribution in [2.45, 2.75) is 98.2 Å². The molecule has 2 heterocycles. The van der Waals surface area contributed by atoms with Gasteiger partial charge in [0, 0.05) is 30.6 Å². The van der Waals surface area contributed by atoms with Crippen LogP contribution in [-0.4, -0.2) is 64.8 Å². The molecule has 4 rings (SSSR count). The monoisotopic (exact) mass is 534 g/mol. The van der Waals surface area contributed by atoms with Gasteiger partial charge < -0.3 is 24.1 Å². The lowest BCUT2D eigenvalue weighted by atomic mass is 9.36. The smallest absolute Gasteiger partial charge is 0.311 e. The Morgan fingerprint density at radius 1 is 0.974 bits per heavy atom. The van der Waals surface area contributed by atoms with Crippen molar-refractivity contribution in [1.29, 1.82) is 0 Å². The van der Waals surface area contributed by atoms with Crippen molar-refractivity contribution in [2.75, 3.05) is 0 Å². The molecule has 4 fully saturated rings. The zero-order valence-corrected chi connectivity index (χ0v) is 23.3. The Labute approximate surface area is 222 Å². The summed E-state index contributed by atoms with van der Waals surface area (Å²) in [6.45, 7) is 16.7. The number of carbonyl (C=O) groups is 5. The molecule has 0 spiro atoms. The lowest BCUT2D eigenvalue weighted by Crippen LogP contribution is -2.76. The lowest BCUT2D eigenvalue weighted by Gasteiger charge is -2.69. The molecule has 0 aromatic carbocycles. The summed E-state index contributed by atoms with van der Waals surface area (Å²) in [5, 5.41) is 12.1. The van der Waals surface area contributed by atoms with Crippen molar-refractivity contribution in [3.63, 3.8) is 0 Å². The summed E-state index contributed by atoms with van der Waals surface area (Å²) in [5.41, 5.74) is -4.69. The van der Waals surface area contributed by atoms with Crippen LogP contribution in [0.1, 0.15) is 68.2 Å². The van der Waals surface area contributed by atoms with Gasteiger partial charge in [0.1, 0.15) is 17.8 Å². The number of aliphatic hydroxyl groups is 1.